The minimum atomic E-state index is 0.839. The number of nitrogens with zero attached hydrogens (tertiary/aromatic N) is 1. The van der Waals surface area contributed by atoms with Crippen molar-refractivity contribution in [1.82, 2.24) is 10.2 Å². The Kier molecular flexibility index (Phi) is 5.11. The van der Waals surface area contributed by atoms with Crippen LogP contribution in [-0.2, 0) is 0 Å². The Balaban J connectivity index is 1.67. The summed E-state index contributed by atoms with van der Waals surface area (Å²) in [6, 6.07) is 1.71. The lowest BCUT2D eigenvalue weighted by Gasteiger charge is -2.36. The van der Waals surface area contributed by atoms with Crippen LogP contribution in [0.25, 0.3) is 0 Å². The van der Waals surface area contributed by atoms with Gasteiger partial charge in [-0.2, -0.15) is 0 Å². The molecule has 0 radical (unpaired) electrons. The van der Waals surface area contributed by atoms with E-state index in [0.717, 1.165) is 12.1 Å². The molecule has 1 saturated carbocycles. The van der Waals surface area contributed by atoms with E-state index < -0.39 is 0 Å². The number of likely N-dealkylation sites (tertiary alicyclic amines) is 1. The summed E-state index contributed by atoms with van der Waals surface area (Å²) in [6.07, 6.45) is 11.3. The van der Waals surface area contributed by atoms with Gasteiger partial charge in [0.05, 0.1) is 0 Å². The van der Waals surface area contributed by atoms with Crippen molar-refractivity contribution in [3.8, 4) is 0 Å². The smallest absolute Gasteiger partial charge is 0.0220 e. The van der Waals surface area contributed by atoms with Crippen LogP contribution in [0.15, 0.2) is 0 Å². The zero-order valence-corrected chi connectivity index (χ0v) is 10.9. The molecule has 0 aromatic carbocycles. The molecule has 2 rings (SSSR count). The van der Waals surface area contributed by atoms with Gasteiger partial charge < -0.3 is 5.32 Å². The van der Waals surface area contributed by atoms with E-state index in [9.17, 15) is 0 Å². The lowest BCUT2D eigenvalue weighted by molar-refractivity contribution is 0.142. The van der Waals surface area contributed by atoms with Crippen molar-refractivity contribution in [3.63, 3.8) is 0 Å². The van der Waals surface area contributed by atoms with Crippen molar-refractivity contribution in [2.75, 3.05) is 19.6 Å². The first-order chi connectivity index (χ1) is 7.90. The van der Waals surface area contributed by atoms with E-state index in [1.807, 2.05) is 0 Å². The van der Waals surface area contributed by atoms with Gasteiger partial charge in [-0.25, -0.2) is 0 Å². The summed E-state index contributed by atoms with van der Waals surface area (Å²) in [5.41, 5.74) is 0. The molecule has 1 aliphatic carbocycles. The highest BCUT2D eigenvalue weighted by atomic mass is 15.2. The minimum absolute atomic E-state index is 0.839. The predicted molar refractivity (Wildman–Crippen MR) is 69.8 cm³/mol. The number of piperidine rings is 1. The van der Waals surface area contributed by atoms with Crippen LogP contribution in [0, 0.1) is 0 Å². The van der Waals surface area contributed by atoms with Gasteiger partial charge in [-0.05, 0) is 45.2 Å². The predicted octanol–water partition coefficient (Wildman–Crippen LogP) is 2.78. The summed E-state index contributed by atoms with van der Waals surface area (Å²) >= 11 is 0. The fraction of sp³-hybridized carbons (Fsp3) is 1.00. The lowest BCUT2D eigenvalue weighted by atomic mass is 10.0. The number of hydrogen-bond donors (Lipinski definition) is 1. The van der Waals surface area contributed by atoms with Crippen molar-refractivity contribution < 1.29 is 0 Å². The van der Waals surface area contributed by atoms with Crippen LogP contribution in [0.5, 0.6) is 0 Å². The van der Waals surface area contributed by atoms with Crippen LogP contribution in [0.1, 0.15) is 58.3 Å². The van der Waals surface area contributed by atoms with Gasteiger partial charge in [-0.15, -0.1) is 0 Å². The highest BCUT2D eigenvalue weighted by Gasteiger charge is 2.25. The maximum Gasteiger partial charge on any atom is 0.0220 e. The van der Waals surface area contributed by atoms with Crippen molar-refractivity contribution in [1.29, 1.82) is 0 Å². The van der Waals surface area contributed by atoms with Gasteiger partial charge in [0.1, 0.15) is 0 Å². The molecule has 2 aliphatic rings. The molecule has 0 bridgehead atoms. The molecule has 16 heavy (non-hydrogen) atoms. The average Bonchev–Trinajstić information content (AvgIpc) is 3.12. The van der Waals surface area contributed by atoms with Crippen LogP contribution in [0.2, 0.25) is 0 Å². The fourth-order valence-electron chi connectivity index (χ4n) is 2.74. The second kappa shape index (κ2) is 6.61. The van der Waals surface area contributed by atoms with Gasteiger partial charge >= 0.3 is 0 Å². The monoisotopic (exact) mass is 224 g/mol. The summed E-state index contributed by atoms with van der Waals surface area (Å²) in [4.78, 5) is 2.74. The van der Waals surface area contributed by atoms with Crippen LogP contribution in [0.4, 0.5) is 0 Å². The fourth-order valence-corrected chi connectivity index (χ4v) is 2.74. The van der Waals surface area contributed by atoms with Crippen molar-refractivity contribution in [3.05, 3.63) is 0 Å². The standard InChI is InChI=1S/C14H28N2/c1-2-3-5-10-16-11-6-4-7-14(16)12-15-13-8-9-13/h13-15H,2-12H2,1H3. The molecule has 0 amide bonds. The van der Waals surface area contributed by atoms with Crippen molar-refractivity contribution >= 4 is 0 Å². The SMILES string of the molecule is CCCCCN1CCCCC1CNC1CC1. The van der Waals surface area contributed by atoms with Crippen molar-refractivity contribution in [2.24, 2.45) is 0 Å². The van der Waals surface area contributed by atoms with Gasteiger partial charge in [-0.1, -0.05) is 26.2 Å². The van der Waals surface area contributed by atoms with Crippen LogP contribution < -0.4 is 5.32 Å². The molecule has 1 saturated heterocycles. The van der Waals surface area contributed by atoms with Crippen LogP contribution in [0.3, 0.4) is 0 Å². The molecule has 1 unspecified atom stereocenters. The van der Waals surface area contributed by atoms with Crippen molar-refractivity contribution in [2.45, 2.75) is 70.4 Å². The molecule has 2 nitrogen and oxygen atoms in total. The third-order valence-electron chi connectivity index (χ3n) is 4.02. The Morgan fingerprint density at radius 3 is 2.75 bits per heavy atom. The van der Waals surface area contributed by atoms with Crippen LogP contribution in [-0.4, -0.2) is 36.6 Å². The molecule has 1 aliphatic heterocycles. The summed E-state index contributed by atoms with van der Waals surface area (Å²) in [5.74, 6) is 0. The Morgan fingerprint density at radius 2 is 2.00 bits per heavy atom. The van der Waals surface area contributed by atoms with E-state index in [1.165, 1.54) is 71.0 Å². The van der Waals surface area contributed by atoms with E-state index in [2.05, 4.69) is 17.1 Å². The zero-order valence-electron chi connectivity index (χ0n) is 10.9. The van der Waals surface area contributed by atoms with E-state index >= 15 is 0 Å². The topological polar surface area (TPSA) is 15.3 Å². The molecule has 2 heteroatoms. The highest BCUT2D eigenvalue weighted by molar-refractivity contribution is 4.85. The molecule has 0 spiro atoms. The maximum atomic E-state index is 3.71. The van der Waals surface area contributed by atoms with E-state index in [1.54, 1.807) is 0 Å². The molecule has 0 aromatic rings. The summed E-state index contributed by atoms with van der Waals surface area (Å²) in [6.45, 7) is 6.23. The molecular formula is C14H28N2. The van der Waals surface area contributed by atoms with Gasteiger partial charge in [-0.3, -0.25) is 4.90 Å². The zero-order chi connectivity index (χ0) is 11.2. The first-order valence-electron chi connectivity index (χ1n) is 7.37. The molecule has 0 aromatic heterocycles. The summed E-state index contributed by atoms with van der Waals surface area (Å²) < 4.78 is 0. The lowest BCUT2D eigenvalue weighted by Crippen LogP contribution is -2.46. The summed E-state index contributed by atoms with van der Waals surface area (Å²) in [7, 11) is 0. The molecular weight excluding hydrogens is 196 g/mol. The van der Waals surface area contributed by atoms with E-state index in [4.69, 9.17) is 0 Å². The largest absolute Gasteiger partial charge is 0.312 e. The summed E-state index contributed by atoms with van der Waals surface area (Å²) in [5, 5.41) is 3.71. The Bertz CT molecular complexity index is 189. The first kappa shape index (κ1) is 12.4. The normalized spacial score (nSPS) is 27.2. The van der Waals surface area contributed by atoms with Gasteiger partial charge in [0, 0.05) is 18.6 Å². The minimum Gasteiger partial charge on any atom is -0.312 e. The molecule has 94 valence electrons. The third kappa shape index (κ3) is 4.06. The number of nitrogens with one attached hydrogen (secondary N) is 1. The Hall–Kier alpha value is -0.0800. The van der Waals surface area contributed by atoms with Gasteiger partial charge in [0.15, 0.2) is 0 Å². The number of rotatable bonds is 7. The first-order valence-corrected chi connectivity index (χ1v) is 7.37. The average molecular weight is 224 g/mol. The Morgan fingerprint density at radius 1 is 1.12 bits per heavy atom. The number of hydrogen-bond acceptors (Lipinski definition) is 2. The maximum absolute atomic E-state index is 3.71. The molecule has 1 N–H and O–H groups in total. The van der Waals surface area contributed by atoms with E-state index in [0.29, 0.717) is 0 Å². The molecule has 1 heterocycles. The van der Waals surface area contributed by atoms with E-state index in [-0.39, 0.29) is 0 Å². The highest BCUT2D eigenvalue weighted by Crippen LogP contribution is 2.21. The van der Waals surface area contributed by atoms with Gasteiger partial charge in [0.25, 0.3) is 0 Å². The molecule has 1 atom stereocenters. The number of unbranched alkanes of at least 4 members (excludes halogenated alkanes) is 2. The second-order valence-corrected chi connectivity index (χ2v) is 5.58. The second-order valence-electron chi connectivity index (χ2n) is 5.58. The Labute approximate surface area is 101 Å². The molecule has 2 fully saturated rings. The van der Waals surface area contributed by atoms with Crippen LogP contribution >= 0.6 is 0 Å². The van der Waals surface area contributed by atoms with Gasteiger partial charge in [0.2, 0.25) is 0 Å². The third-order valence-corrected chi connectivity index (χ3v) is 4.02. The quantitative estimate of drug-likeness (QED) is 0.669.